The van der Waals surface area contributed by atoms with Gasteiger partial charge in [-0.3, -0.25) is 4.79 Å². The largest absolute Gasteiger partial charge is 0.462 e. The van der Waals surface area contributed by atoms with Crippen molar-refractivity contribution in [3.05, 3.63) is 35.4 Å². The first-order valence-electron chi connectivity index (χ1n) is 6.98. The predicted octanol–water partition coefficient (Wildman–Crippen LogP) is 1.89. The molecule has 0 aromatic heterocycles. The van der Waals surface area contributed by atoms with Crippen LogP contribution in [0.1, 0.15) is 37.8 Å². The minimum absolute atomic E-state index is 0.175. The molecule has 20 heavy (non-hydrogen) atoms. The van der Waals surface area contributed by atoms with Gasteiger partial charge in [-0.15, -0.1) is 0 Å². The molecule has 112 valence electrons. The first-order chi connectivity index (χ1) is 9.43. The molecule has 0 radical (unpaired) electrons. The summed E-state index contributed by atoms with van der Waals surface area (Å²) in [6.45, 7) is 5.52. The van der Waals surface area contributed by atoms with Crippen molar-refractivity contribution in [2.24, 2.45) is 5.92 Å². The minimum atomic E-state index is -1.01. The van der Waals surface area contributed by atoms with Crippen molar-refractivity contribution in [3.8, 4) is 0 Å². The molecule has 0 fully saturated rings. The van der Waals surface area contributed by atoms with Crippen molar-refractivity contribution in [1.82, 2.24) is 0 Å². The summed E-state index contributed by atoms with van der Waals surface area (Å²) in [5.74, 6) is -0.175. The van der Waals surface area contributed by atoms with Crippen molar-refractivity contribution >= 4 is 5.97 Å². The lowest BCUT2D eigenvalue weighted by molar-refractivity contribution is -0.148. The van der Waals surface area contributed by atoms with Crippen molar-refractivity contribution in [2.75, 3.05) is 13.2 Å². The molecule has 2 N–H and O–H groups in total. The van der Waals surface area contributed by atoms with E-state index < -0.39 is 18.7 Å². The smallest absolute Gasteiger partial charge is 0.313 e. The number of ether oxygens (including phenoxy) is 1. The van der Waals surface area contributed by atoms with Gasteiger partial charge in [0.15, 0.2) is 0 Å². The Hall–Kier alpha value is -1.39. The summed E-state index contributed by atoms with van der Waals surface area (Å²) < 4.78 is 4.96. The lowest BCUT2D eigenvalue weighted by atomic mass is 9.97. The fourth-order valence-corrected chi connectivity index (χ4v) is 1.91. The van der Waals surface area contributed by atoms with Crippen LogP contribution in [-0.4, -0.2) is 35.5 Å². The van der Waals surface area contributed by atoms with E-state index in [0.29, 0.717) is 5.92 Å². The van der Waals surface area contributed by atoms with Gasteiger partial charge in [0.25, 0.3) is 0 Å². The number of carbonyl (C=O) groups excluding carboxylic acids is 1. The van der Waals surface area contributed by atoms with Crippen molar-refractivity contribution in [3.63, 3.8) is 0 Å². The number of benzene rings is 1. The zero-order valence-electron chi connectivity index (χ0n) is 12.4. The fourth-order valence-electron chi connectivity index (χ4n) is 1.91. The molecule has 0 aliphatic carbocycles. The molecular formula is C16H24O4. The maximum atomic E-state index is 11.8. The summed E-state index contributed by atoms with van der Waals surface area (Å²) in [6.07, 6.45) is 0.00139. The van der Waals surface area contributed by atoms with E-state index in [-0.39, 0.29) is 12.5 Å². The Labute approximate surface area is 120 Å². The number of hydrogen-bond acceptors (Lipinski definition) is 4. The summed E-state index contributed by atoms with van der Waals surface area (Å²) in [5.41, 5.74) is 2.14. The number of esters is 1. The van der Waals surface area contributed by atoms with E-state index in [1.807, 2.05) is 24.3 Å². The molecule has 0 bridgehead atoms. The second-order valence-electron chi connectivity index (χ2n) is 5.53. The second kappa shape index (κ2) is 8.02. The maximum absolute atomic E-state index is 11.8. The van der Waals surface area contributed by atoms with E-state index >= 15 is 0 Å². The molecule has 0 aliphatic heterocycles. The summed E-state index contributed by atoms with van der Waals surface area (Å²) >= 11 is 0. The van der Waals surface area contributed by atoms with Gasteiger partial charge in [0.05, 0.1) is 12.5 Å². The predicted molar refractivity (Wildman–Crippen MR) is 77.5 cm³/mol. The van der Waals surface area contributed by atoms with Crippen LogP contribution in [-0.2, 0) is 16.0 Å². The Kier molecular flexibility index (Phi) is 6.68. The van der Waals surface area contributed by atoms with Crippen LogP contribution >= 0.6 is 0 Å². The summed E-state index contributed by atoms with van der Waals surface area (Å²) in [6, 6.07) is 7.93. The molecule has 1 aromatic carbocycles. The first kappa shape index (κ1) is 16.7. The summed E-state index contributed by atoms with van der Waals surface area (Å²) in [4.78, 5) is 11.8. The fraction of sp³-hybridized carbons (Fsp3) is 0.562. The molecule has 0 saturated heterocycles. The van der Waals surface area contributed by atoms with Gasteiger partial charge in [0.2, 0.25) is 0 Å². The third-order valence-corrected chi connectivity index (χ3v) is 3.11. The van der Waals surface area contributed by atoms with Crippen LogP contribution in [0.4, 0.5) is 0 Å². The summed E-state index contributed by atoms with van der Waals surface area (Å²) in [7, 11) is 0. The highest BCUT2D eigenvalue weighted by molar-refractivity contribution is 5.77. The molecule has 1 aromatic rings. The van der Waals surface area contributed by atoms with Gasteiger partial charge in [-0.2, -0.15) is 0 Å². The van der Waals surface area contributed by atoms with Gasteiger partial charge in [0, 0.05) is 0 Å². The van der Waals surface area contributed by atoms with Crippen LogP contribution in [0.3, 0.4) is 0 Å². The van der Waals surface area contributed by atoms with E-state index in [1.54, 1.807) is 6.92 Å². The van der Waals surface area contributed by atoms with Crippen molar-refractivity contribution in [2.45, 2.75) is 39.2 Å². The molecule has 4 nitrogen and oxygen atoms in total. The maximum Gasteiger partial charge on any atom is 0.313 e. The number of carbonyl (C=O) groups is 1. The lowest BCUT2D eigenvalue weighted by Crippen LogP contribution is -2.24. The average Bonchev–Trinajstić information content (AvgIpc) is 2.43. The quantitative estimate of drug-likeness (QED) is 0.748. The van der Waals surface area contributed by atoms with E-state index in [0.717, 1.165) is 12.0 Å². The van der Waals surface area contributed by atoms with Gasteiger partial charge in [-0.1, -0.05) is 38.1 Å². The van der Waals surface area contributed by atoms with Gasteiger partial charge >= 0.3 is 5.97 Å². The van der Waals surface area contributed by atoms with Gasteiger partial charge in [-0.25, -0.2) is 0 Å². The molecule has 0 spiro atoms. The van der Waals surface area contributed by atoms with Gasteiger partial charge in [0.1, 0.15) is 12.7 Å². The highest BCUT2D eigenvalue weighted by atomic mass is 16.5. The number of rotatable bonds is 7. The van der Waals surface area contributed by atoms with Crippen LogP contribution in [0.2, 0.25) is 0 Å². The third-order valence-electron chi connectivity index (χ3n) is 3.11. The normalized spacial score (nSPS) is 14.1. The molecule has 0 aliphatic rings. The minimum Gasteiger partial charge on any atom is -0.462 e. The highest BCUT2D eigenvalue weighted by Crippen LogP contribution is 2.19. The Morgan fingerprint density at radius 3 is 2.30 bits per heavy atom. The molecule has 4 heteroatoms. The third kappa shape index (κ3) is 5.31. The Balaban J connectivity index is 2.58. The van der Waals surface area contributed by atoms with Crippen molar-refractivity contribution < 1.29 is 19.7 Å². The first-order valence-corrected chi connectivity index (χ1v) is 6.98. The van der Waals surface area contributed by atoms with Gasteiger partial charge in [-0.05, 0) is 30.4 Å². The highest BCUT2D eigenvalue weighted by Gasteiger charge is 2.18. The topological polar surface area (TPSA) is 66.8 Å². The molecule has 0 saturated carbocycles. The molecule has 0 unspecified atom stereocenters. The molecule has 2 atom stereocenters. The van der Waals surface area contributed by atoms with Crippen LogP contribution in [0.5, 0.6) is 0 Å². The molecular weight excluding hydrogens is 256 g/mol. The molecule has 1 rings (SSSR count). The lowest BCUT2D eigenvalue weighted by Gasteiger charge is -2.14. The number of aliphatic hydroxyl groups excluding tert-OH is 2. The second-order valence-corrected chi connectivity index (χ2v) is 5.53. The number of hydrogen-bond donors (Lipinski definition) is 2. The monoisotopic (exact) mass is 280 g/mol. The summed E-state index contributed by atoms with van der Waals surface area (Å²) in [5, 5.41) is 17.8. The average molecular weight is 280 g/mol. The van der Waals surface area contributed by atoms with Gasteiger partial charge < -0.3 is 14.9 Å². The number of aliphatic hydroxyl groups is 2. The van der Waals surface area contributed by atoms with E-state index in [9.17, 15) is 4.79 Å². The van der Waals surface area contributed by atoms with Crippen LogP contribution in [0, 0.1) is 5.92 Å². The van der Waals surface area contributed by atoms with Crippen molar-refractivity contribution in [1.29, 1.82) is 0 Å². The zero-order valence-corrected chi connectivity index (χ0v) is 12.4. The van der Waals surface area contributed by atoms with Crippen LogP contribution in [0.15, 0.2) is 24.3 Å². The molecule has 0 amide bonds. The Morgan fingerprint density at radius 1 is 1.20 bits per heavy atom. The van der Waals surface area contributed by atoms with E-state index in [2.05, 4.69) is 13.8 Å². The SMILES string of the molecule is CC(C)Cc1ccc([C@H](C)C(=O)OC[C@@H](O)CO)cc1. The Morgan fingerprint density at radius 2 is 1.80 bits per heavy atom. The standard InChI is InChI=1S/C16H24O4/c1-11(2)8-13-4-6-14(7-5-13)12(3)16(19)20-10-15(18)9-17/h4-7,11-12,15,17-18H,8-10H2,1-3H3/t12-,15-/m0/s1. The van der Waals surface area contributed by atoms with E-state index in [4.69, 9.17) is 14.9 Å². The van der Waals surface area contributed by atoms with E-state index in [1.165, 1.54) is 5.56 Å². The van der Waals surface area contributed by atoms with Crippen LogP contribution < -0.4 is 0 Å². The molecule has 0 heterocycles. The van der Waals surface area contributed by atoms with Crippen LogP contribution in [0.25, 0.3) is 0 Å². The zero-order chi connectivity index (χ0) is 15.1. The Bertz CT molecular complexity index is 411.